The Kier molecular flexibility index (Phi) is 4.39. The Bertz CT molecular complexity index is 398. The minimum atomic E-state index is -0.901. The Morgan fingerprint density at radius 1 is 1.35 bits per heavy atom. The molecule has 0 spiro atoms. The van der Waals surface area contributed by atoms with Crippen LogP contribution in [0.5, 0.6) is 0 Å². The van der Waals surface area contributed by atoms with Crippen LogP contribution in [-0.2, 0) is 0 Å². The summed E-state index contributed by atoms with van der Waals surface area (Å²) in [4.78, 5) is 11.6. The van der Waals surface area contributed by atoms with Crippen LogP contribution in [0.3, 0.4) is 0 Å². The Morgan fingerprint density at radius 2 is 1.88 bits per heavy atom. The third-order valence-electron chi connectivity index (χ3n) is 2.12. The van der Waals surface area contributed by atoms with E-state index in [1.54, 1.807) is 0 Å². The van der Waals surface area contributed by atoms with Gasteiger partial charge in [-0.05, 0) is 18.1 Å². The number of nitrogens with two attached hydrogens (primary N) is 1. The Hall–Kier alpha value is -1.69. The summed E-state index contributed by atoms with van der Waals surface area (Å²) in [5.41, 5.74) is 1.38. The number of benzene rings is 1. The molecule has 1 amide bonds. The molecule has 4 nitrogen and oxygen atoms in total. The number of anilines is 1. The number of hydrogen-bond donors (Lipinski definition) is 3. The van der Waals surface area contributed by atoms with Crippen LogP contribution in [0.2, 0.25) is 0 Å². The highest BCUT2D eigenvalue weighted by molar-refractivity contribution is 5.94. The molecule has 1 aromatic carbocycles. The van der Waals surface area contributed by atoms with E-state index in [1.165, 1.54) is 0 Å². The van der Waals surface area contributed by atoms with Crippen molar-refractivity contribution in [1.29, 1.82) is 0 Å². The predicted octanol–water partition coefficient (Wildman–Crippen LogP) is 1.64. The van der Waals surface area contributed by atoms with E-state index >= 15 is 0 Å². The first-order chi connectivity index (χ1) is 7.95. The number of hydrazine groups is 1. The monoisotopic (exact) mass is 243 g/mol. The zero-order valence-corrected chi connectivity index (χ0v) is 9.68. The molecule has 1 rings (SSSR count). The first-order valence-corrected chi connectivity index (χ1v) is 5.19. The highest BCUT2D eigenvalue weighted by Crippen LogP contribution is 2.19. The van der Waals surface area contributed by atoms with E-state index in [-0.39, 0.29) is 11.5 Å². The second-order valence-corrected chi connectivity index (χ2v) is 4.06. The van der Waals surface area contributed by atoms with Crippen molar-refractivity contribution in [3.05, 3.63) is 29.3 Å². The van der Waals surface area contributed by atoms with Crippen LogP contribution in [0, 0.1) is 17.6 Å². The summed E-state index contributed by atoms with van der Waals surface area (Å²) >= 11 is 0. The maximum absolute atomic E-state index is 13.3. The van der Waals surface area contributed by atoms with Crippen LogP contribution in [0.1, 0.15) is 24.2 Å². The van der Waals surface area contributed by atoms with Gasteiger partial charge in [0.15, 0.2) is 11.6 Å². The third-order valence-corrected chi connectivity index (χ3v) is 2.12. The van der Waals surface area contributed by atoms with Gasteiger partial charge in [-0.25, -0.2) is 8.78 Å². The molecule has 0 fully saturated rings. The molecular formula is C11H15F2N3O. The molecule has 0 saturated heterocycles. The summed E-state index contributed by atoms with van der Waals surface area (Å²) < 4.78 is 26.6. The number of hydrogen-bond acceptors (Lipinski definition) is 3. The van der Waals surface area contributed by atoms with Gasteiger partial charge in [-0.3, -0.25) is 10.6 Å². The third kappa shape index (κ3) is 3.39. The van der Waals surface area contributed by atoms with E-state index in [9.17, 15) is 13.6 Å². The van der Waals surface area contributed by atoms with Crippen molar-refractivity contribution in [2.24, 2.45) is 11.8 Å². The van der Waals surface area contributed by atoms with Gasteiger partial charge in [-0.15, -0.1) is 0 Å². The number of nitrogens with one attached hydrogen (secondary N) is 2. The van der Waals surface area contributed by atoms with Gasteiger partial charge in [-0.2, -0.15) is 0 Å². The normalized spacial score (nSPS) is 10.5. The highest BCUT2D eigenvalue weighted by atomic mass is 19.1. The van der Waals surface area contributed by atoms with Gasteiger partial charge < -0.3 is 10.7 Å². The van der Waals surface area contributed by atoms with Crippen molar-refractivity contribution in [3.8, 4) is 0 Å². The average Bonchev–Trinajstić information content (AvgIpc) is 2.25. The summed E-state index contributed by atoms with van der Waals surface area (Å²) in [7, 11) is 0. The van der Waals surface area contributed by atoms with Crippen LogP contribution in [0.4, 0.5) is 14.5 Å². The van der Waals surface area contributed by atoms with E-state index in [1.807, 2.05) is 19.3 Å². The van der Waals surface area contributed by atoms with Crippen LogP contribution in [-0.4, -0.2) is 12.5 Å². The molecule has 1 aromatic rings. The minimum absolute atomic E-state index is 0.0698. The molecule has 17 heavy (non-hydrogen) atoms. The molecular weight excluding hydrogens is 228 g/mol. The Labute approximate surface area is 98.2 Å². The number of rotatable bonds is 4. The summed E-state index contributed by atoms with van der Waals surface area (Å²) in [6, 6.07) is 1.88. The van der Waals surface area contributed by atoms with Crippen molar-refractivity contribution >= 4 is 11.6 Å². The van der Waals surface area contributed by atoms with E-state index in [0.29, 0.717) is 6.54 Å². The fourth-order valence-corrected chi connectivity index (χ4v) is 1.24. The largest absolute Gasteiger partial charge is 0.352 e. The first-order valence-electron chi connectivity index (χ1n) is 5.19. The topological polar surface area (TPSA) is 67.2 Å². The summed E-state index contributed by atoms with van der Waals surface area (Å²) in [5.74, 6) is 2.89. The molecule has 4 N–H and O–H groups in total. The summed E-state index contributed by atoms with van der Waals surface area (Å²) in [6.07, 6.45) is 0. The SMILES string of the molecule is CC(C)CNC(=O)c1cc(F)c(NN)c(F)c1. The smallest absolute Gasteiger partial charge is 0.251 e. The Balaban J connectivity index is 2.89. The maximum Gasteiger partial charge on any atom is 0.251 e. The van der Waals surface area contributed by atoms with Gasteiger partial charge in [-0.1, -0.05) is 13.8 Å². The average molecular weight is 243 g/mol. The summed E-state index contributed by atoms with van der Waals surface area (Å²) in [6.45, 7) is 4.28. The second-order valence-electron chi connectivity index (χ2n) is 4.06. The molecule has 0 saturated carbocycles. The molecule has 0 bridgehead atoms. The number of amides is 1. The number of carbonyl (C=O) groups excluding carboxylic acids is 1. The molecule has 94 valence electrons. The highest BCUT2D eigenvalue weighted by Gasteiger charge is 2.14. The molecule has 0 unspecified atom stereocenters. The van der Waals surface area contributed by atoms with Crippen molar-refractivity contribution in [2.75, 3.05) is 12.0 Å². The molecule has 0 aliphatic carbocycles. The van der Waals surface area contributed by atoms with Gasteiger partial charge >= 0.3 is 0 Å². The van der Waals surface area contributed by atoms with Crippen molar-refractivity contribution in [1.82, 2.24) is 5.32 Å². The number of nitrogen functional groups attached to an aromatic ring is 1. The zero-order chi connectivity index (χ0) is 13.0. The van der Waals surface area contributed by atoms with Crippen molar-refractivity contribution in [2.45, 2.75) is 13.8 Å². The Morgan fingerprint density at radius 3 is 2.29 bits per heavy atom. The molecule has 6 heteroatoms. The minimum Gasteiger partial charge on any atom is -0.352 e. The van der Waals surface area contributed by atoms with Crippen LogP contribution in [0.25, 0.3) is 0 Å². The summed E-state index contributed by atoms with van der Waals surface area (Å²) in [5, 5.41) is 2.57. The fraction of sp³-hybridized carbons (Fsp3) is 0.364. The van der Waals surface area contributed by atoms with Gasteiger partial charge in [0.25, 0.3) is 5.91 Å². The van der Waals surface area contributed by atoms with Gasteiger partial charge in [0.2, 0.25) is 0 Å². The molecule has 0 aliphatic heterocycles. The molecule has 0 heterocycles. The number of carbonyl (C=O) groups is 1. The maximum atomic E-state index is 13.3. The van der Waals surface area contributed by atoms with Gasteiger partial charge in [0.05, 0.1) is 0 Å². The lowest BCUT2D eigenvalue weighted by Gasteiger charge is -2.09. The van der Waals surface area contributed by atoms with E-state index in [4.69, 9.17) is 5.84 Å². The molecule has 0 aromatic heterocycles. The van der Waals surface area contributed by atoms with Crippen molar-refractivity contribution in [3.63, 3.8) is 0 Å². The predicted molar refractivity (Wildman–Crippen MR) is 61.3 cm³/mol. The lowest BCUT2D eigenvalue weighted by Crippen LogP contribution is -2.27. The molecule has 0 atom stereocenters. The lowest BCUT2D eigenvalue weighted by molar-refractivity contribution is 0.0948. The zero-order valence-electron chi connectivity index (χ0n) is 9.68. The van der Waals surface area contributed by atoms with Crippen LogP contribution < -0.4 is 16.6 Å². The van der Waals surface area contributed by atoms with Crippen LogP contribution in [0.15, 0.2) is 12.1 Å². The first kappa shape index (κ1) is 13.4. The van der Waals surface area contributed by atoms with Crippen molar-refractivity contribution < 1.29 is 13.6 Å². The standard InChI is InChI=1S/C11H15F2N3O/c1-6(2)5-15-11(17)7-3-8(12)10(16-14)9(13)4-7/h3-4,6,16H,5,14H2,1-2H3,(H,15,17). The van der Waals surface area contributed by atoms with Gasteiger partial charge in [0, 0.05) is 12.1 Å². The number of halogens is 2. The molecule has 0 radical (unpaired) electrons. The molecule has 0 aliphatic rings. The van der Waals surface area contributed by atoms with Crippen LogP contribution >= 0.6 is 0 Å². The second kappa shape index (κ2) is 5.58. The lowest BCUT2D eigenvalue weighted by atomic mass is 10.1. The fourth-order valence-electron chi connectivity index (χ4n) is 1.24. The van der Waals surface area contributed by atoms with E-state index in [0.717, 1.165) is 12.1 Å². The van der Waals surface area contributed by atoms with E-state index < -0.39 is 23.2 Å². The van der Waals surface area contributed by atoms with Gasteiger partial charge in [0.1, 0.15) is 5.69 Å². The van der Waals surface area contributed by atoms with E-state index in [2.05, 4.69) is 5.32 Å². The quantitative estimate of drug-likeness (QED) is 0.556.